The molecule has 1 aromatic rings. The Morgan fingerprint density at radius 3 is 2.84 bits per heavy atom. The molecule has 1 aliphatic rings. The summed E-state index contributed by atoms with van der Waals surface area (Å²) in [6.45, 7) is 0.479. The van der Waals surface area contributed by atoms with Crippen molar-refractivity contribution in [2.24, 2.45) is 5.73 Å². The predicted octanol–water partition coefficient (Wildman–Crippen LogP) is 0.0567. The minimum absolute atomic E-state index is 0. The van der Waals surface area contributed by atoms with Gasteiger partial charge in [0.15, 0.2) is 0 Å². The minimum Gasteiger partial charge on any atom is -0.493 e. The summed E-state index contributed by atoms with van der Waals surface area (Å²) in [6.07, 6.45) is 0.850. The molecule has 0 aromatic heterocycles. The normalized spacial score (nSPS) is 11.8. The van der Waals surface area contributed by atoms with Crippen molar-refractivity contribution in [2.45, 2.75) is 6.42 Å². The SMILES string of the molecule is Cl.NCC(=O)NCC(=O)Nc1ccc2c(c1)CCO2. The van der Waals surface area contributed by atoms with E-state index in [0.717, 1.165) is 17.7 Å². The molecule has 0 radical (unpaired) electrons. The number of fused-ring (bicyclic) bond motifs is 1. The lowest BCUT2D eigenvalue weighted by molar-refractivity contribution is -0.123. The number of rotatable bonds is 4. The van der Waals surface area contributed by atoms with E-state index in [-0.39, 0.29) is 37.3 Å². The van der Waals surface area contributed by atoms with Gasteiger partial charge in [0.05, 0.1) is 19.7 Å². The van der Waals surface area contributed by atoms with Gasteiger partial charge in [0.1, 0.15) is 5.75 Å². The van der Waals surface area contributed by atoms with Crippen molar-refractivity contribution in [1.29, 1.82) is 0 Å². The number of halogens is 1. The van der Waals surface area contributed by atoms with Crippen LogP contribution in [0.1, 0.15) is 5.56 Å². The number of nitrogens with one attached hydrogen (secondary N) is 2. The lowest BCUT2D eigenvalue weighted by atomic mass is 10.1. The molecule has 104 valence electrons. The highest BCUT2D eigenvalue weighted by atomic mass is 35.5. The van der Waals surface area contributed by atoms with Crippen LogP contribution in [0.25, 0.3) is 0 Å². The van der Waals surface area contributed by atoms with Crippen molar-refractivity contribution >= 4 is 29.9 Å². The van der Waals surface area contributed by atoms with E-state index in [1.165, 1.54) is 0 Å². The van der Waals surface area contributed by atoms with Gasteiger partial charge in [-0.2, -0.15) is 0 Å². The number of carbonyl (C=O) groups excluding carboxylic acids is 2. The van der Waals surface area contributed by atoms with E-state index in [4.69, 9.17) is 10.5 Å². The lowest BCUT2D eigenvalue weighted by Crippen LogP contribution is -2.36. The van der Waals surface area contributed by atoms with E-state index in [0.29, 0.717) is 12.3 Å². The number of carbonyl (C=O) groups is 2. The number of nitrogens with two attached hydrogens (primary N) is 1. The van der Waals surface area contributed by atoms with Gasteiger partial charge in [0.25, 0.3) is 0 Å². The molecule has 7 heteroatoms. The van der Waals surface area contributed by atoms with Crippen LogP contribution in [-0.2, 0) is 16.0 Å². The van der Waals surface area contributed by atoms with Crippen LogP contribution in [0.2, 0.25) is 0 Å². The van der Waals surface area contributed by atoms with Crippen LogP contribution >= 0.6 is 12.4 Å². The topological polar surface area (TPSA) is 93.5 Å². The average Bonchev–Trinajstić information content (AvgIpc) is 2.83. The first kappa shape index (κ1) is 15.3. The summed E-state index contributed by atoms with van der Waals surface area (Å²) in [4.78, 5) is 22.4. The van der Waals surface area contributed by atoms with Crippen molar-refractivity contribution in [3.63, 3.8) is 0 Å². The van der Waals surface area contributed by atoms with Gasteiger partial charge in [-0.05, 0) is 23.8 Å². The molecule has 0 saturated heterocycles. The Hall–Kier alpha value is -1.79. The molecule has 1 heterocycles. The van der Waals surface area contributed by atoms with Gasteiger partial charge in [-0.1, -0.05) is 0 Å². The number of benzene rings is 1. The van der Waals surface area contributed by atoms with Crippen molar-refractivity contribution in [2.75, 3.05) is 25.0 Å². The fraction of sp³-hybridized carbons (Fsp3) is 0.333. The standard InChI is InChI=1S/C12H15N3O3.ClH/c13-6-11(16)14-7-12(17)15-9-1-2-10-8(5-9)3-4-18-10;/h1-2,5H,3-4,6-7,13H2,(H,14,16)(H,15,17);1H. The first-order valence-electron chi connectivity index (χ1n) is 5.71. The van der Waals surface area contributed by atoms with E-state index in [1.807, 2.05) is 12.1 Å². The van der Waals surface area contributed by atoms with Gasteiger partial charge in [-0.25, -0.2) is 0 Å². The van der Waals surface area contributed by atoms with Crippen molar-refractivity contribution in [3.8, 4) is 5.75 Å². The fourth-order valence-electron chi connectivity index (χ4n) is 1.72. The minimum atomic E-state index is -0.354. The molecule has 2 amide bonds. The molecule has 0 spiro atoms. The zero-order valence-electron chi connectivity index (χ0n) is 10.3. The van der Waals surface area contributed by atoms with E-state index in [1.54, 1.807) is 6.07 Å². The Labute approximate surface area is 117 Å². The number of hydrogen-bond donors (Lipinski definition) is 3. The number of ether oxygens (including phenoxy) is 1. The Kier molecular flexibility index (Phi) is 5.59. The Morgan fingerprint density at radius 1 is 1.32 bits per heavy atom. The molecule has 0 aliphatic carbocycles. The summed E-state index contributed by atoms with van der Waals surface area (Å²) in [7, 11) is 0. The van der Waals surface area contributed by atoms with E-state index < -0.39 is 0 Å². The summed E-state index contributed by atoms with van der Waals surface area (Å²) in [6, 6.07) is 5.48. The molecule has 0 atom stereocenters. The largest absolute Gasteiger partial charge is 0.493 e. The smallest absolute Gasteiger partial charge is 0.243 e. The first-order valence-corrected chi connectivity index (χ1v) is 5.71. The monoisotopic (exact) mass is 285 g/mol. The maximum Gasteiger partial charge on any atom is 0.243 e. The second kappa shape index (κ2) is 6.96. The molecule has 1 aliphatic heterocycles. The molecule has 6 nitrogen and oxygen atoms in total. The predicted molar refractivity (Wildman–Crippen MR) is 73.6 cm³/mol. The molecule has 0 unspecified atom stereocenters. The van der Waals surface area contributed by atoms with Crippen LogP contribution in [0, 0.1) is 0 Å². The molecule has 1 aromatic carbocycles. The third-order valence-corrected chi connectivity index (χ3v) is 2.60. The van der Waals surface area contributed by atoms with Gasteiger partial charge in [-0.3, -0.25) is 9.59 Å². The van der Waals surface area contributed by atoms with Crippen LogP contribution in [0.3, 0.4) is 0 Å². The Balaban J connectivity index is 0.00000180. The van der Waals surface area contributed by atoms with Gasteiger partial charge in [0, 0.05) is 12.1 Å². The molecular formula is C12H16ClN3O3. The second-order valence-corrected chi connectivity index (χ2v) is 3.95. The van der Waals surface area contributed by atoms with E-state index in [2.05, 4.69) is 10.6 Å². The van der Waals surface area contributed by atoms with Crippen LogP contribution < -0.4 is 21.1 Å². The van der Waals surface area contributed by atoms with Gasteiger partial charge in [0.2, 0.25) is 11.8 Å². The molecular weight excluding hydrogens is 270 g/mol. The van der Waals surface area contributed by atoms with Gasteiger partial charge >= 0.3 is 0 Å². The molecule has 0 fully saturated rings. The van der Waals surface area contributed by atoms with Crippen LogP contribution in [0.4, 0.5) is 5.69 Å². The summed E-state index contributed by atoms with van der Waals surface area (Å²) in [5, 5.41) is 5.11. The highest BCUT2D eigenvalue weighted by Gasteiger charge is 2.13. The summed E-state index contributed by atoms with van der Waals surface area (Å²) in [5.74, 6) is 0.229. The third-order valence-electron chi connectivity index (χ3n) is 2.60. The van der Waals surface area contributed by atoms with Crippen molar-refractivity contribution in [3.05, 3.63) is 23.8 Å². The van der Waals surface area contributed by atoms with E-state index in [9.17, 15) is 9.59 Å². The molecule has 4 N–H and O–H groups in total. The maximum atomic E-state index is 11.5. The van der Waals surface area contributed by atoms with Crippen LogP contribution in [0.5, 0.6) is 5.75 Å². The first-order chi connectivity index (χ1) is 8.69. The highest BCUT2D eigenvalue weighted by molar-refractivity contribution is 5.94. The van der Waals surface area contributed by atoms with Crippen LogP contribution in [0.15, 0.2) is 18.2 Å². The molecule has 19 heavy (non-hydrogen) atoms. The summed E-state index contributed by atoms with van der Waals surface area (Å²) < 4.78 is 5.37. The highest BCUT2D eigenvalue weighted by Crippen LogP contribution is 2.27. The van der Waals surface area contributed by atoms with Crippen molar-refractivity contribution in [1.82, 2.24) is 5.32 Å². The average molecular weight is 286 g/mol. The second-order valence-electron chi connectivity index (χ2n) is 3.95. The third kappa shape index (κ3) is 4.11. The number of amides is 2. The van der Waals surface area contributed by atoms with Crippen LogP contribution in [-0.4, -0.2) is 31.5 Å². The lowest BCUT2D eigenvalue weighted by Gasteiger charge is -2.07. The van der Waals surface area contributed by atoms with E-state index >= 15 is 0 Å². The van der Waals surface area contributed by atoms with Gasteiger partial charge < -0.3 is 21.1 Å². The number of hydrogen-bond acceptors (Lipinski definition) is 4. The fourth-order valence-corrected chi connectivity index (χ4v) is 1.72. The quantitative estimate of drug-likeness (QED) is 0.729. The zero-order valence-corrected chi connectivity index (χ0v) is 11.1. The zero-order chi connectivity index (χ0) is 13.0. The molecule has 0 bridgehead atoms. The van der Waals surface area contributed by atoms with Gasteiger partial charge in [-0.15, -0.1) is 12.4 Å². The number of anilines is 1. The van der Waals surface area contributed by atoms with Crippen molar-refractivity contribution < 1.29 is 14.3 Å². The Bertz CT molecular complexity index is 479. The molecule has 0 saturated carbocycles. The molecule has 2 rings (SSSR count). The summed E-state index contributed by atoms with van der Waals surface area (Å²) >= 11 is 0. The maximum absolute atomic E-state index is 11.5. The summed E-state index contributed by atoms with van der Waals surface area (Å²) in [5.41, 5.74) is 6.90. The Morgan fingerprint density at radius 2 is 2.11 bits per heavy atom.